The van der Waals surface area contributed by atoms with Gasteiger partial charge in [-0.05, 0) is 43.6 Å². The summed E-state index contributed by atoms with van der Waals surface area (Å²) in [7, 11) is 0. The van der Waals surface area contributed by atoms with Crippen molar-refractivity contribution < 1.29 is 4.79 Å². The second-order valence-electron chi connectivity index (χ2n) is 5.79. The molecule has 0 aliphatic carbocycles. The minimum absolute atomic E-state index is 0. The van der Waals surface area contributed by atoms with Crippen LogP contribution in [0.3, 0.4) is 0 Å². The van der Waals surface area contributed by atoms with Crippen molar-refractivity contribution in [1.29, 1.82) is 0 Å². The van der Waals surface area contributed by atoms with Crippen LogP contribution in [0.2, 0.25) is 0 Å². The number of hydrogen-bond donors (Lipinski definition) is 3. The molecule has 7 heteroatoms. The maximum absolute atomic E-state index is 12.6. The zero-order chi connectivity index (χ0) is 15.7. The van der Waals surface area contributed by atoms with E-state index in [-0.39, 0.29) is 29.9 Å². The van der Waals surface area contributed by atoms with E-state index in [1.54, 1.807) is 6.07 Å². The largest absolute Gasteiger partial charge is 0.349 e. The Bertz CT molecular complexity index is 777. The average Bonchev–Trinajstić information content (AvgIpc) is 2.49. The van der Waals surface area contributed by atoms with E-state index in [2.05, 4.69) is 38.5 Å². The second-order valence-corrected chi connectivity index (χ2v) is 6.70. The smallest absolute Gasteiger partial charge is 0.252 e. The number of carbonyl (C=O) groups is 1. The first-order valence-electron chi connectivity index (χ1n) is 7.39. The maximum Gasteiger partial charge on any atom is 0.252 e. The number of halogens is 2. The van der Waals surface area contributed by atoms with Gasteiger partial charge in [-0.15, -0.1) is 12.4 Å². The molecule has 5 nitrogen and oxygen atoms in total. The molecule has 1 aliphatic heterocycles. The quantitative estimate of drug-likeness (QED) is 0.725. The Morgan fingerprint density at radius 2 is 2.13 bits per heavy atom. The minimum Gasteiger partial charge on any atom is -0.349 e. The van der Waals surface area contributed by atoms with Gasteiger partial charge >= 0.3 is 0 Å². The Morgan fingerprint density at radius 1 is 1.35 bits per heavy atom. The van der Waals surface area contributed by atoms with Crippen molar-refractivity contribution in [1.82, 2.24) is 15.6 Å². The van der Waals surface area contributed by atoms with Crippen LogP contribution >= 0.6 is 28.3 Å². The molecule has 1 amide bonds. The minimum atomic E-state index is -0.265. The maximum atomic E-state index is 12.6. The topological polar surface area (TPSA) is 74.0 Å². The summed E-state index contributed by atoms with van der Waals surface area (Å²) in [5.74, 6) is 0.186. The van der Waals surface area contributed by atoms with Crippen molar-refractivity contribution in [2.45, 2.75) is 19.4 Å². The zero-order valence-electron chi connectivity index (χ0n) is 12.7. The number of fused-ring (bicyclic) bond motifs is 1. The van der Waals surface area contributed by atoms with Crippen molar-refractivity contribution >= 4 is 45.1 Å². The number of nitrogens with one attached hydrogen (secondary N) is 3. The summed E-state index contributed by atoms with van der Waals surface area (Å²) in [6, 6.07) is 7.00. The number of hydrogen-bond acceptors (Lipinski definition) is 3. The predicted molar refractivity (Wildman–Crippen MR) is 97.4 cm³/mol. The summed E-state index contributed by atoms with van der Waals surface area (Å²) >= 11 is 3.41. The highest BCUT2D eigenvalue weighted by atomic mass is 79.9. The number of rotatable bonds is 2. The van der Waals surface area contributed by atoms with Crippen molar-refractivity contribution in [3.05, 3.63) is 44.7 Å². The fourth-order valence-electron chi connectivity index (χ4n) is 2.89. The van der Waals surface area contributed by atoms with Gasteiger partial charge in [0.1, 0.15) is 0 Å². The highest BCUT2D eigenvalue weighted by Crippen LogP contribution is 2.21. The van der Waals surface area contributed by atoms with E-state index in [4.69, 9.17) is 0 Å². The van der Waals surface area contributed by atoms with Gasteiger partial charge in [0, 0.05) is 27.5 Å². The number of amides is 1. The third kappa shape index (κ3) is 3.94. The number of aromatic amines is 1. The SMILES string of the molecule is CC1CNCCC1NC(=O)c1cc(=O)[nH]c2ccc(Br)cc12.Cl. The molecule has 1 aromatic heterocycles. The van der Waals surface area contributed by atoms with E-state index in [0.29, 0.717) is 17.0 Å². The fourth-order valence-corrected chi connectivity index (χ4v) is 3.25. The molecule has 0 bridgehead atoms. The molecule has 23 heavy (non-hydrogen) atoms. The third-order valence-electron chi connectivity index (χ3n) is 4.15. The summed E-state index contributed by atoms with van der Waals surface area (Å²) in [6.07, 6.45) is 0.901. The van der Waals surface area contributed by atoms with E-state index in [0.717, 1.165) is 29.4 Å². The van der Waals surface area contributed by atoms with Gasteiger partial charge in [-0.1, -0.05) is 22.9 Å². The van der Waals surface area contributed by atoms with Crippen LogP contribution < -0.4 is 16.2 Å². The molecule has 0 spiro atoms. The molecule has 1 aliphatic rings. The number of piperidine rings is 1. The molecule has 2 unspecified atom stereocenters. The first-order chi connectivity index (χ1) is 10.5. The standard InChI is InChI=1S/C16H18BrN3O2.ClH/c1-9-8-18-5-4-13(9)20-16(22)12-7-15(21)19-14-3-2-10(17)6-11(12)14;/h2-3,6-7,9,13,18H,4-5,8H2,1H3,(H,19,21)(H,20,22);1H. The van der Waals surface area contributed by atoms with Gasteiger partial charge in [0.15, 0.2) is 0 Å². The third-order valence-corrected chi connectivity index (χ3v) is 4.64. The Balaban J connectivity index is 0.00000192. The van der Waals surface area contributed by atoms with Gasteiger partial charge in [-0.2, -0.15) is 0 Å². The molecular weight excluding hydrogens is 382 g/mol. The number of aromatic nitrogens is 1. The average molecular weight is 401 g/mol. The molecule has 2 aromatic rings. The Hall–Kier alpha value is -1.37. The molecule has 1 fully saturated rings. The van der Waals surface area contributed by atoms with E-state index >= 15 is 0 Å². The normalized spacial score (nSPS) is 20.8. The first-order valence-corrected chi connectivity index (χ1v) is 8.18. The lowest BCUT2D eigenvalue weighted by atomic mass is 9.95. The summed E-state index contributed by atoms with van der Waals surface area (Å²) in [5.41, 5.74) is 0.823. The molecule has 1 aromatic carbocycles. The van der Waals surface area contributed by atoms with Crippen LogP contribution in [0.1, 0.15) is 23.7 Å². The monoisotopic (exact) mass is 399 g/mol. The van der Waals surface area contributed by atoms with Crippen molar-refractivity contribution in [2.75, 3.05) is 13.1 Å². The van der Waals surface area contributed by atoms with E-state index in [1.807, 2.05) is 12.1 Å². The predicted octanol–water partition coefficient (Wildman–Crippen LogP) is 2.44. The van der Waals surface area contributed by atoms with Gasteiger partial charge in [-0.25, -0.2) is 0 Å². The fraction of sp³-hybridized carbons (Fsp3) is 0.375. The molecular formula is C16H19BrClN3O2. The van der Waals surface area contributed by atoms with Gasteiger partial charge in [-0.3, -0.25) is 9.59 Å². The van der Waals surface area contributed by atoms with Crippen LogP contribution in [0.25, 0.3) is 10.9 Å². The molecule has 3 rings (SSSR count). The lowest BCUT2D eigenvalue weighted by Gasteiger charge is -2.30. The number of pyridine rings is 1. The molecule has 2 heterocycles. The van der Waals surface area contributed by atoms with Crippen molar-refractivity contribution in [2.24, 2.45) is 5.92 Å². The molecule has 2 atom stereocenters. The lowest BCUT2D eigenvalue weighted by molar-refractivity contribution is 0.0915. The number of carbonyl (C=O) groups excluding carboxylic acids is 1. The van der Waals surface area contributed by atoms with Crippen LogP contribution in [-0.2, 0) is 0 Å². The summed E-state index contributed by atoms with van der Waals surface area (Å²) in [4.78, 5) is 27.2. The van der Waals surface area contributed by atoms with Gasteiger partial charge in [0.2, 0.25) is 5.56 Å². The first kappa shape index (κ1) is 18.0. The van der Waals surface area contributed by atoms with Gasteiger partial charge < -0.3 is 15.6 Å². The highest BCUT2D eigenvalue weighted by molar-refractivity contribution is 9.10. The van der Waals surface area contributed by atoms with Crippen LogP contribution in [0.15, 0.2) is 33.5 Å². The Labute approximate surface area is 148 Å². The Kier molecular flexibility index (Phi) is 5.84. The summed E-state index contributed by atoms with van der Waals surface area (Å²) in [6.45, 7) is 3.91. The van der Waals surface area contributed by atoms with E-state index in [1.165, 1.54) is 6.07 Å². The van der Waals surface area contributed by atoms with E-state index in [9.17, 15) is 9.59 Å². The van der Waals surface area contributed by atoms with Crippen LogP contribution in [0, 0.1) is 5.92 Å². The zero-order valence-corrected chi connectivity index (χ0v) is 15.1. The molecule has 0 radical (unpaired) electrons. The van der Waals surface area contributed by atoms with Crippen LogP contribution in [0.5, 0.6) is 0 Å². The van der Waals surface area contributed by atoms with Crippen LogP contribution in [0.4, 0.5) is 0 Å². The number of benzene rings is 1. The lowest BCUT2D eigenvalue weighted by Crippen LogP contribution is -2.48. The van der Waals surface area contributed by atoms with Gasteiger partial charge in [0.05, 0.1) is 5.56 Å². The molecule has 3 N–H and O–H groups in total. The van der Waals surface area contributed by atoms with Crippen molar-refractivity contribution in [3.63, 3.8) is 0 Å². The molecule has 0 saturated carbocycles. The molecule has 124 valence electrons. The summed E-state index contributed by atoms with van der Waals surface area (Å²) in [5, 5.41) is 7.13. The highest BCUT2D eigenvalue weighted by Gasteiger charge is 2.24. The second kappa shape index (κ2) is 7.47. The molecule has 1 saturated heterocycles. The van der Waals surface area contributed by atoms with E-state index < -0.39 is 0 Å². The van der Waals surface area contributed by atoms with Crippen LogP contribution in [-0.4, -0.2) is 30.0 Å². The summed E-state index contributed by atoms with van der Waals surface area (Å²) < 4.78 is 0.872. The van der Waals surface area contributed by atoms with Gasteiger partial charge in [0.25, 0.3) is 5.91 Å². The Morgan fingerprint density at radius 3 is 2.87 bits per heavy atom. The number of H-pyrrole nitrogens is 1. The van der Waals surface area contributed by atoms with Crippen molar-refractivity contribution in [3.8, 4) is 0 Å².